The lowest BCUT2D eigenvalue weighted by atomic mass is 9.82. The standard InChI is InChI=1S/C21H27N5O2S/c1-14(2)19-22-8-9-26(19)12-18(27)23-11-15-3-5-16(6-4-15)20-24-25-21(28-20)17-7-10-29-13-17/h7-10,13-16H,3-6,11-12H2,1-2H3,(H,23,27). The van der Waals surface area contributed by atoms with Crippen LogP contribution in [-0.2, 0) is 11.3 Å². The Morgan fingerprint density at radius 2 is 2.14 bits per heavy atom. The summed E-state index contributed by atoms with van der Waals surface area (Å²) in [6.45, 7) is 5.22. The van der Waals surface area contributed by atoms with Crippen LogP contribution in [0.2, 0.25) is 0 Å². The molecule has 1 N–H and O–H groups in total. The number of nitrogens with zero attached hydrogens (tertiary/aromatic N) is 4. The second kappa shape index (κ2) is 8.90. The zero-order valence-electron chi connectivity index (χ0n) is 16.9. The molecule has 0 saturated heterocycles. The molecular formula is C21H27N5O2S. The van der Waals surface area contributed by atoms with E-state index in [0.29, 0.717) is 30.2 Å². The van der Waals surface area contributed by atoms with Crippen molar-refractivity contribution in [3.63, 3.8) is 0 Å². The van der Waals surface area contributed by atoms with Gasteiger partial charge in [-0.1, -0.05) is 13.8 Å². The molecule has 0 unspecified atom stereocenters. The molecule has 0 aromatic carbocycles. The van der Waals surface area contributed by atoms with Crippen LogP contribution in [0, 0.1) is 5.92 Å². The summed E-state index contributed by atoms with van der Waals surface area (Å²) in [6, 6.07) is 2.00. The number of carbonyl (C=O) groups is 1. The lowest BCUT2D eigenvalue weighted by Crippen LogP contribution is -2.33. The van der Waals surface area contributed by atoms with Gasteiger partial charge >= 0.3 is 0 Å². The third-order valence-electron chi connectivity index (χ3n) is 5.57. The van der Waals surface area contributed by atoms with Gasteiger partial charge in [-0.3, -0.25) is 4.79 Å². The molecular weight excluding hydrogens is 386 g/mol. The highest BCUT2D eigenvalue weighted by Crippen LogP contribution is 2.36. The van der Waals surface area contributed by atoms with Crippen LogP contribution in [0.5, 0.6) is 0 Å². The minimum atomic E-state index is 0.0457. The Bertz CT molecular complexity index is 923. The van der Waals surface area contributed by atoms with Gasteiger partial charge in [0.1, 0.15) is 12.4 Å². The van der Waals surface area contributed by atoms with Crippen molar-refractivity contribution >= 4 is 17.2 Å². The van der Waals surface area contributed by atoms with E-state index in [1.54, 1.807) is 17.5 Å². The maximum absolute atomic E-state index is 12.3. The highest BCUT2D eigenvalue weighted by molar-refractivity contribution is 7.08. The fraction of sp³-hybridized carbons (Fsp3) is 0.524. The predicted molar refractivity (Wildman–Crippen MR) is 112 cm³/mol. The van der Waals surface area contributed by atoms with Gasteiger partial charge in [0.15, 0.2) is 0 Å². The van der Waals surface area contributed by atoms with Gasteiger partial charge in [0.2, 0.25) is 17.7 Å². The first-order valence-electron chi connectivity index (χ1n) is 10.2. The normalized spacial score (nSPS) is 19.6. The van der Waals surface area contributed by atoms with Gasteiger partial charge in [-0.05, 0) is 43.0 Å². The first-order valence-corrected chi connectivity index (χ1v) is 11.2. The quantitative estimate of drug-likeness (QED) is 0.627. The Morgan fingerprint density at radius 1 is 1.31 bits per heavy atom. The summed E-state index contributed by atoms with van der Waals surface area (Å²) >= 11 is 1.62. The van der Waals surface area contributed by atoms with Crippen LogP contribution >= 0.6 is 11.3 Å². The van der Waals surface area contributed by atoms with Crippen LogP contribution in [0.3, 0.4) is 0 Å². The number of aromatic nitrogens is 4. The van der Waals surface area contributed by atoms with Crippen LogP contribution in [-0.4, -0.2) is 32.2 Å². The highest BCUT2D eigenvalue weighted by atomic mass is 32.1. The number of hydrogen-bond acceptors (Lipinski definition) is 6. The van der Waals surface area contributed by atoms with E-state index in [-0.39, 0.29) is 5.91 Å². The van der Waals surface area contributed by atoms with Crippen molar-refractivity contribution in [2.24, 2.45) is 5.92 Å². The minimum absolute atomic E-state index is 0.0457. The van der Waals surface area contributed by atoms with E-state index < -0.39 is 0 Å². The van der Waals surface area contributed by atoms with Gasteiger partial charge in [0, 0.05) is 41.7 Å². The summed E-state index contributed by atoms with van der Waals surface area (Å²) < 4.78 is 7.82. The number of hydrogen-bond donors (Lipinski definition) is 1. The van der Waals surface area contributed by atoms with Crippen molar-refractivity contribution in [1.82, 2.24) is 25.1 Å². The summed E-state index contributed by atoms with van der Waals surface area (Å²) in [7, 11) is 0. The molecule has 4 rings (SSSR count). The van der Waals surface area contributed by atoms with E-state index in [9.17, 15) is 4.79 Å². The SMILES string of the molecule is CC(C)c1nccn1CC(=O)NCC1CCC(c2nnc(-c3ccsc3)o2)CC1. The second-order valence-electron chi connectivity index (χ2n) is 8.05. The van der Waals surface area contributed by atoms with E-state index in [0.717, 1.165) is 49.5 Å². The fourth-order valence-electron chi connectivity index (χ4n) is 3.94. The van der Waals surface area contributed by atoms with Crippen molar-refractivity contribution in [2.75, 3.05) is 6.54 Å². The van der Waals surface area contributed by atoms with Crippen molar-refractivity contribution < 1.29 is 9.21 Å². The van der Waals surface area contributed by atoms with Gasteiger partial charge in [-0.15, -0.1) is 10.2 Å². The van der Waals surface area contributed by atoms with E-state index in [4.69, 9.17) is 4.42 Å². The lowest BCUT2D eigenvalue weighted by Gasteiger charge is -2.26. The van der Waals surface area contributed by atoms with Gasteiger partial charge in [0.05, 0.1) is 0 Å². The van der Waals surface area contributed by atoms with Crippen LogP contribution in [0.25, 0.3) is 11.5 Å². The van der Waals surface area contributed by atoms with E-state index >= 15 is 0 Å². The van der Waals surface area contributed by atoms with E-state index in [1.807, 2.05) is 27.6 Å². The maximum Gasteiger partial charge on any atom is 0.248 e. The molecule has 0 spiro atoms. The molecule has 7 nitrogen and oxygen atoms in total. The molecule has 1 fully saturated rings. The molecule has 0 bridgehead atoms. The zero-order chi connectivity index (χ0) is 20.2. The third kappa shape index (κ3) is 4.75. The summed E-state index contributed by atoms with van der Waals surface area (Å²) in [5.74, 6) is 3.47. The Balaban J connectivity index is 1.23. The number of carbonyl (C=O) groups excluding carboxylic acids is 1. The topological polar surface area (TPSA) is 85.8 Å². The third-order valence-corrected chi connectivity index (χ3v) is 6.25. The number of imidazole rings is 1. The summed E-state index contributed by atoms with van der Waals surface area (Å²) in [4.78, 5) is 16.7. The molecule has 3 aromatic heterocycles. The molecule has 0 radical (unpaired) electrons. The van der Waals surface area contributed by atoms with Crippen molar-refractivity contribution in [3.8, 4) is 11.5 Å². The van der Waals surface area contributed by atoms with Gasteiger partial charge in [-0.2, -0.15) is 11.3 Å². The molecule has 1 saturated carbocycles. The van der Waals surface area contributed by atoms with Crippen LogP contribution in [0.15, 0.2) is 33.6 Å². The Kier molecular flexibility index (Phi) is 6.08. The van der Waals surface area contributed by atoms with Crippen molar-refractivity contribution in [1.29, 1.82) is 0 Å². The van der Waals surface area contributed by atoms with E-state index in [1.165, 1.54) is 0 Å². The molecule has 1 amide bonds. The highest BCUT2D eigenvalue weighted by Gasteiger charge is 2.27. The largest absolute Gasteiger partial charge is 0.420 e. The maximum atomic E-state index is 12.3. The van der Waals surface area contributed by atoms with Gasteiger partial charge < -0.3 is 14.3 Å². The number of amides is 1. The molecule has 0 aliphatic heterocycles. The molecule has 1 aliphatic rings. The first-order chi connectivity index (χ1) is 14.1. The number of rotatable bonds is 7. The average Bonchev–Trinajstić information content (AvgIpc) is 3.47. The van der Waals surface area contributed by atoms with Gasteiger partial charge in [0.25, 0.3) is 0 Å². The lowest BCUT2D eigenvalue weighted by molar-refractivity contribution is -0.121. The number of nitrogens with one attached hydrogen (secondary N) is 1. The summed E-state index contributed by atoms with van der Waals surface area (Å²) in [5, 5.41) is 15.6. The smallest absolute Gasteiger partial charge is 0.248 e. The van der Waals surface area contributed by atoms with Crippen molar-refractivity contribution in [3.05, 3.63) is 40.9 Å². The summed E-state index contributed by atoms with van der Waals surface area (Å²) in [5.41, 5.74) is 0.990. The fourth-order valence-corrected chi connectivity index (χ4v) is 4.57. The van der Waals surface area contributed by atoms with E-state index in [2.05, 4.69) is 34.3 Å². The minimum Gasteiger partial charge on any atom is -0.420 e. The monoisotopic (exact) mass is 413 g/mol. The van der Waals surface area contributed by atoms with Gasteiger partial charge in [-0.25, -0.2) is 4.98 Å². The molecule has 3 aromatic rings. The Hall–Kier alpha value is -2.48. The van der Waals surface area contributed by atoms with Crippen LogP contribution < -0.4 is 5.32 Å². The molecule has 29 heavy (non-hydrogen) atoms. The zero-order valence-corrected chi connectivity index (χ0v) is 17.7. The van der Waals surface area contributed by atoms with Crippen LogP contribution in [0.4, 0.5) is 0 Å². The predicted octanol–water partition coefficient (Wildman–Crippen LogP) is 4.21. The Labute approximate surface area is 174 Å². The number of thiophene rings is 1. The first kappa shape index (κ1) is 19.8. The summed E-state index contributed by atoms with van der Waals surface area (Å²) in [6.07, 6.45) is 7.78. The van der Waals surface area contributed by atoms with Crippen LogP contribution in [0.1, 0.15) is 63.1 Å². The molecule has 3 heterocycles. The average molecular weight is 414 g/mol. The molecule has 1 aliphatic carbocycles. The second-order valence-corrected chi connectivity index (χ2v) is 8.83. The molecule has 0 atom stereocenters. The molecule has 154 valence electrons. The van der Waals surface area contributed by atoms with Crippen molar-refractivity contribution in [2.45, 2.75) is 57.9 Å². The molecule has 8 heteroatoms. The Morgan fingerprint density at radius 3 is 2.86 bits per heavy atom.